The standard InChI is InChI=1S/C22H15F3N2O2/c1-28-16-8-10-17(11-9-16)29-21-20(14-5-3-2-4-6-14)26-18-12-7-15(22(23,24)25)13-19(18)27-21/h2-13H,1H3. The Kier molecular flexibility index (Phi) is 4.80. The van der Waals surface area contributed by atoms with Crippen molar-refractivity contribution in [2.45, 2.75) is 6.18 Å². The van der Waals surface area contributed by atoms with Crippen molar-refractivity contribution in [1.29, 1.82) is 0 Å². The molecule has 0 N–H and O–H groups in total. The highest BCUT2D eigenvalue weighted by Gasteiger charge is 2.31. The molecule has 0 amide bonds. The average molecular weight is 396 g/mol. The van der Waals surface area contributed by atoms with Crippen molar-refractivity contribution in [3.05, 3.63) is 78.4 Å². The van der Waals surface area contributed by atoms with Crippen LogP contribution in [-0.2, 0) is 6.18 Å². The molecule has 1 aromatic heterocycles. The van der Waals surface area contributed by atoms with Crippen LogP contribution in [-0.4, -0.2) is 17.1 Å². The number of rotatable bonds is 4. The van der Waals surface area contributed by atoms with E-state index >= 15 is 0 Å². The Labute approximate surface area is 164 Å². The second-order valence-electron chi connectivity index (χ2n) is 6.22. The van der Waals surface area contributed by atoms with E-state index in [-0.39, 0.29) is 11.4 Å². The average Bonchev–Trinajstić information content (AvgIpc) is 2.73. The maximum absolute atomic E-state index is 13.1. The van der Waals surface area contributed by atoms with Gasteiger partial charge in [-0.05, 0) is 42.5 Å². The molecule has 3 aromatic carbocycles. The smallest absolute Gasteiger partial charge is 0.416 e. The van der Waals surface area contributed by atoms with Gasteiger partial charge in [-0.2, -0.15) is 13.2 Å². The lowest BCUT2D eigenvalue weighted by atomic mass is 10.1. The fourth-order valence-corrected chi connectivity index (χ4v) is 2.83. The summed E-state index contributed by atoms with van der Waals surface area (Å²) in [5.41, 5.74) is 0.836. The van der Waals surface area contributed by atoms with E-state index in [1.165, 1.54) is 6.07 Å². The summed E-state index contributed by atoms with van der Waals surface area (Å²) in [6.45, 7) is 0. The number of nitrogens with zero attached hydrogens (tertiary/aromatic N) is 2. The van der Waals surface area contributed by atoms with Crippen molar-refractivity contribution in [1.82, 2.24) is 9.97 Å². The Morgan fingerprint density at radius 3 is 2.10 bits per heavy atom. The Morgan fingerprint density at radius 2 is 1.45 bits per heavy atom. The van der Waals surface area contributed by atoms with Crippen molar-refractivity contribution < 1.29 is 22.6 Å². The van der Waals surface area contributed by atoms with Crippen LogP contribution < -0.4 is 9.47 Å². The van der Waals surface area contributed by atoms with Gasteiger partial charge in [0, 0.05) is 5.56 Å². The number of ether oxygens (including phenoxy) is 2. The van der Waals surface area contributed by atoms with E-state index < -0.39 is 11.7 Å². The first-order valence-corrected chi connectivity index (χ1v) is 8.70. The molecule has 4 nitrogen and oxygen atoms in total. The second kappa shape index (κ2) is 7.43. The first kappa shape index (κ1) is 18.7. The van der Waals surface area contributed by atoms with Crippen molar-refractivity contribution in [3.8, 4) is 28.6 Å². The van der Waals surface area contributed by atoms with Crippen LogP contribution in [0.4, 0.5) is 13.2 Å². The highest BCUT2D eigenvalue weighted by atomic mass is 19.4. The van der Waals surface area contributed by atoms with Gasteiger partial charge in [-0.25, -0.2) is 9.97 Å². The first-order valence-electron chi connectivity index (χ1n) is 8.70. The normalized spacial score (nSPS) is 11.4. The van der Waals surface area contributed by atoms with Crippen LogP contribution in [0, 0.1) is 0 Å². The molecule has 0 unspecified atom stereocenters. The van der Waals surface area contributed by atoms with Gasteiger partial charge in [0.1, 0.15) is 17.2 Å². The van der Waals surface area contributed by atoms with Crippen LogP contribution in [0.5, 0.6) is 17.4 Å². The van der Waals surface area contributed by atoms with Crippen LogP contribution in [0.3, 0.4) is 0 Å². The van der Waals surface area contributed by atoms with Crippen molar-refractivity contribution >= 4 is 11.0 Å². The SMILES string of the molecule is COc1ccc(Oc2nc3cc(C(F)(F)F)ccc3nc2-c2ccccc2)cc1. The van der Waals surface area contributed by atoms with Crippen molar-refractivity contribution in [3.63, 3.8) is 0 Å². The lowest BCUT2D eigenvalue weighted by Crippen LogP contribution is -2.05. The largest absolute Gasteiger partial charge is 0.497 e. The highest BCUT2D eigenvalue weighted by molar-refractivity contribution is 5.80. The zero-order chi connectivity index (χ0) is 20.4. The van der Waals surface area contributed by atoms with E-state index in [1.807, 2.05) is 30.3 Å². The summed E-state index contributed by atoms with van der Waals surface area (Å²) in [6.07, 6.45) is -4.47. The Hall–Kier alpha value is -3.61. The molecule has 1 heterocycles. The summed E-state index contributed by atoms with van der Waals surface area (Å²) in [7, 11) is 1.55. The van der Waals surface area contributed by atoms with Gasteiger partial charge in [0.15, 0.2) is 0 Å². The zero-order valence-electron chi connectivity index (χ0n) is 15.3. The van der Waals surface area contributed by atoms with E-state index in [9.17, 15) is 13.2 Å². The molecule has 7 heteroatoms. The molecule has 29 heavy (non-hydrogen) atoms. The molecule has 0 fully saturated rings. The number of methoxy groups -OCH3 is 1. The van der Waals surface area contributed by atoms with E-state index in [2.05, 4.69) is 9.97 Å². The molecule has 0 aliphatic heterocycles. The number of aromatic nitrogens is 2. The van der Waals surface area contributed by atoms with Crippen LogP contribution in [0.2, 0.25) is 0 Å². The molecule has 0 saturated heterocycles. The van der Waals surface area contributed by atoms with Gasteiger partial charge in [-0.15, -0.1) is 0 Å². The maximum atomic E-state index is 13.1. The Bertz CT molecular complexity index is 1140. The summed E-state index contributed by atoms with van der Waals surface area (Å²) in [5.74, 6) is 1.23. The number of halogens is 3. The summed E-state index contributed by atoms with van der Waals surface area (Å²) < 4.78 is 50.3. The van der Waals surface area contributed by atoms with Gasteiger partial charge in [-0.3, -0.25) is 0 Å². The molecule has 0 radical (unpaired) electrons. The molecule has 0 aliphatic carbocycles. The third-order valence-corrected chi connectivity index (χ3v) is 4.28. The lowest BCUT2D eigenvalue weighted by Gasteiger charge is -2.13. The minimum atomic E-state index is -4.47. The van der Waals surface area contributed by atoms with Gasteiger partial charge < -0.3 is 9.47 Å². The quantitative estimate of drug-likeness (QED) is 0.417. The van der Waals surface area contributed by atoms with E-state index in [4.69, 9.17) is 9.47 Å². The van der Waals surface area contributed by atoms with E-state index in [0.717, 1.165) is 17.7 Å². The highest BCUT2D eigenvalue weighted by Crippen LogP contribution is 2.35. The summed E-state index contributed by atoms with van der Waals surface area (Å²) >= 11 is 0. The lowest BCUT2D eigenvalue weighted by molar-refractivity contribution is -0.137. The molecular weight excluding hydrogens is 381 g/mol. The number of hydrogen-bond acceptors (Lipinski definition) is 4. The van der Waals surface area contributed by atoms with Crippen LogP contribution in [0.15, 0.2) is 72.8 Å². The van der Waals surface area contributed by atoms with Crippen molar-refractivity contribution in [2.24, 2.45) is 0 Å². The minimum Gasteiger partial charge on any atom is -0.497 e. The van der Waals surface area contributed by atoms with Gasteiger partial charge in [-0.1, -0.05) is 30.3 Å². The van der Waals surface area contributed by atoms with Crippen LogP contribution in [0.25, 0.3) is 22.3 Å². The Morgan fingerprint density at radius 1 is 0.759 bits per heavy atom. The van der Waals surface area contributed by atoms with Crippen LogP contribution in [0.1, 0.15) is 5.56 Å². The van der Waals surface area contributed by atoms with Gasteiger partial charge in [0.05, 0.1) is 23.7 Å². The van der Waals surface area contributed by atoms with E-state index in [1.54, 1.807) is 31.4 Å². The monoisotopic (exact) mass is 396 g/mol. The third kappa shape index (κ3) is 3.99. The fourth-order valence-electron chi connectivity index (χ4n) is 2.83. The predicted octanol–water partition coefficient (Wildman–Crippen LogP) is 6.12. The maximum Gasteiger partial charge on any atom is 0.416 e. The molecule has 0 spiro atoms. The van der Waals surface area contributed by atoms with Crippen LogP contribution >= 0.6 is 0 Å². The third-order valence-electron chi connectivity index (χ3n) is 4.28. The second-order valence-corrected chi connectivity index (χ2v) is 6.22. The van der Waals surface area contributed by atoms with Gasteiger partial charge in [0.2, 0.25) is 5.88 Å². The van der Waals surface area contributed by atoms with E-state index in [0.29, 0.717) is 22.7 Å². The number of hydrogen-bond donors (Lipinski definition) is 0. The van der Waals surface area contributed by atoms with Gasteiger partial charge >= 0.3 is 6.18 Å². The molecule has 4 rings (SSSR count). The molecule has 0 aliphatic rings. The fraction of sp³-hybridized carbons (Fsp3) is 0.0909. The van der Waals surface area contributed by atoms with Crippen molar-refractivity contribution in [2.75, 3.05) is 7.11 Å². The molecule has 0 saturated carbocycles. The summed E-state index contributed by atoms with van der Waals surface area (Å²) in [5, 5.41) is 0. The molecular formula is C22H15F3N2O2. The number of fused-ring (bicyclic) bond motifs is 1. The zero-order valence-corrected chi connectivity index (χ0v) is 15.3. The molecule has 146 valence electrons. The first-order chi connectivity index (χ1) is 13.9. The molecule has 0 bridgehead atoms. The summed E-state index contributed by atoms with van der Waals surface area (Å²) in [4.78, 5) is 8.87. The summed E-state index contributed by atoms with van der Waals surface area (Å²) in [6, 6.07) is 19.3. The number of alkyl halides is 3. The predicted molar refractivity (Wildman–Crippen MR) is 103 cm³/mol. The Balaban J connectivity index is 1.85. The minimum absolute atomic E-state index is 0.100. The van der Waals surface area contributed by atoms with Gasteiger partial charge in [0.25, 0.3) is 0 Å². The molecule has 4 aromatic rings. The molecule has 0 atom stereocenters. The topological polar surface area (TPSA) is 44.2 Å². The number of benzene rings is 3.